The van der Waals surface area contributed by atoms with Crippen molar-refractivity contribution in [2.45, 2.75) is 18.9 Å². The third-order valence-electron chi connectivity index (χ3n) is 4.76. The first-order chi connectivity index (χ1) is 13.9. The van der Waals surface area contributed by atoms with Crippen LogP contribution in [0.15, 0.2) is 28.0 Å². The van der Waals surface area contributed by atoms with Crippen molar-refractivity contribution in [3.63, 3.8) is 0 Å². The number of methoxy groups -OCH3 is 2. The van der Waals surface area contributed by atoms with Gasteiger partial charge in [-0.25, -0.2) is 4.79 Å². The molecule has 4 rings (SSSR count). The lowest BCUT2D eigenvalue weighted by Gasteiger charge is -2.09. The molecule has 150 valence electrons. The topological polar surface area (TPSA) is 122 Å². The minimum Gasteiger partial charge on any atom is -0.497 e. The average molecular weight is 414 g/mol. The molecule has 3 N–H and O–H groups in total. The van der Waals surface area contributed by atoms with Crippen molar-refractivity contribution >= 4 is 41.0 Å². The van der Waals surface area contributed by atoms with Crippen LogP contribution >= 0.6 is 12.2 Å². The first-order valence-electron chi connectivity index (χ1n) is 8.84. The number of ether oxygens (including phenoxy) is 2. The molecule has 0 saturated heterocycles. The lowest BCUT2D eigenvalue weighted by atomic mass is 10.2. The Morgan fingerprint density at radius 1 is 1.34 bits per heavy atom. The maximum atomic E-state index is 12.3. The van der Waals surface area contributed by atoms with E-state index >= 15 is 0 Å². The van der Waals surface area contributed by atoms with Crippen LogP contribution in [0.5, 0.6) is 11.6 Å². The number of aliphatic imine (C=N–C) groups is 1. The molecule has 1 fully saturated rings. The zero-order chi connectivity index (χ0) is 20.7. The Kier molecular flexibility index (Phi) is 4.71. The molecule has 3 aromatic rings. The summed E-state index contributed by atoms with van der Waals surface area (Å²) in [4.78, 5) is 34.4. The van der Waals surface area contributed by atoms with Crippen molar-refractivity contribution in [2.75, 3.05) is 14.2 Å². The lowest BCUT2D eigenvalue weighted by Crippen LogP contribution is -2.18. The number of benzene rings is 1. The molecule has 0 bridgehead atoms. The summed E-state index contributed by atoms with van der Waals surface area (Å²) in [6, 6.07) is 5.26. The summed E-state index contributed by atoms with van der Waals surface area (Å²) in [5.41, 5.74) is 0.425. The second-order valence-electron chi connectivity index (χ2n) is 6.61. The van der Waals surface area contributed by atoms with Crippen molar-refractivity contribution < 1.29 is 19.4 Å². The van der Waals surface area contributed by atoms with Crippen LogP contribution in [-0.2, 0) is 4.74 Å². The Hall–Kier alpha value is -3.40. The van der Waals surface area contributed by atoms with Crippen molar-refractivity contribution in [1.29, 1.82) is 0 Å². The van der Waals surface area contributed by atoms with Crippen LogP contribution in [-0.4, -0.2) is 46.0 Å². The minimum absolute atomic E-state index is 0.0378. The number of esters is 1. The van der Waals surface area contributed by atoms with Gasteiger partial charge < -0.3 is 19.6 Å². The number of hydrogen-bond acceptors (Lipinski definition) is 7. The van der Waals surface area contributed by atoms with Gasteiger partial charge in [-0.05, 0) is 37.2 Å². The van der Waals surface area contributed by atoms with Crippen LogP contribution in [0.4, 0.5) is 5.69 Å². The fraction of sp³-hybridized carbons (Fsp3) is 0.263. The van der Waals surface area contributed by atoms with Crippen LogP contribution in [0, 0.1) is 4.77 Å². The molecule has 1 aliphatic carbocycles. The number of aromatic hydroxyl groups is 1. The van der Waals surface area contributed by atoms with E-state index in [1.807, 2.05) is 0 Å². The molecular weight excluding hydrogens is 396 g/mol. The molecule has 9 nitrogen and oxygen atoms in total. The van der Waals surface area contributed by atoms with Crippen molar-refractivity contribution in [3.05, 3.63) is 44.6 Å². The summed E-state index contributed by atoms with van der Waals surface area (Å²) < 4.78 is 11.7. The molecule has 0 radical (unpaired) electrons. The van der Waals surface area contributed by atoms with Crippen molar-refractivity contribution in [3.8, 4) is 11.6 Å². The van der Waals surface area contributed by atoms with Crippen LogP contribution in [0.1, 0.15) is 34.9 Å². The maximum absolute atomic E-state index is 12.3. The second kappa shape index (κ2) is 7.21. The van der Waals surface area contributed by atoms with Gasteiger partial charge >= 0.3 is 5.97 Å². The highest BCUT2D eigenvalue weighted by Crippen LogP contribution is 2.38. The van der Waals surface area contributed by atoms with Gasteiger partial charge in [-0.3, -0.25) is 19.3 Å². The second-order valence-corrected chi connectivity index (χ2v) is 6.99. The molecule has 0 atom stereocenters. The van der Waals surface area contributed by atoms with Crippen LogP contribution in [0.25, 0.3) is 10.9 Å². The summed E-state index contributed by atoms with van der Waals surface area (Å²) >= 11 is 5.15. The van der Waals surface area contributed by atoms with E-state index in [2.05, 4.69) is 15.0 Å². The SMILES string of the molecule is COC(=O)c1[nH]c2cc(OC)ccc2c1N=Cc1c(O)n(C2CC2)c(=S)[nH]c1=O. The Labute approximate surface area is 169 Å². The monoisotopic (exact) mass is 414 g/mol. The first-order valence-corrected chi connectivity index (χ1v) is 9.25. The third kappa shape index (κ3) is 3.31. The molecule has 1 aliphatic rings. The van der Waals surface area contributed by atoms with Gasteiger partial charge in [0.15, 0.2) is 10.5 Å². The Bertz CT molecular complexity index is 1270. The van der Waals surface area contributed by atoms with Gasteiger partial charge in [-0.15, -0.1) is 0 Å². The summed E-state index contributed by atoms with van der Waals surface area (Å²) in [5.74, 6) is -0.253. The van der Waals surface area contributed by atoms with Crippen LogP contribution in [0.3, 0.4) is 0 Å². The van der Waals surface area contributed by atoms with E-state index in [0.717, 1.165) is 12.8 Å². The van der Waals surface area contributed by atoms with Gasteiger partial charge in [0.05, 0.1) is 19.7 Å². The van der Waals surface area contributed by atoms with E-state index < -0.39 is 11.5 Å². The minimum atomic E-state index is -0.612. The van der Waals surface area contributed by atoms with E-state index in [1.54, 1.807) is 18.2 Å². The number of carbonyl (C=O) groups excluding carboxylic acids is 1. The number of aromatic amines is 2. The number of H-pyrrole nitrogens is 2. The van der Waals surface area contributed by atoms with Crippen LogP contribution < -0.4 is 10.3 Å². The van der Waals surface area contributed by atoms with Crippen LogP contribution in [0.2, 0.25) is 0 Å². The predicted octanol–water partition coefficient (Wildman–Crippen LogP) is 2.97. The molecule has 1 aromatic carbocycles. The molecule has 2 aromatic heterocycles. The number of aromatic nitrogens is 3. The molecule has 0 spiro atoms. The fourth-order valence-electron chi connectivity index (χ4n) is 3.14. The van der Waals surface area contributed by atoms with E-state index in [9.17, 15) is 14.7 Å². The normalized spacial score (nSPS) is 13.9. The molecule has 1 saturated carbocycles. The quantitative estimate of drug-likeness (QED) is 0.335. The van der Waals surface area contributed by atoms with E-state index in [4.69, 9.17) is 21.7 Å². The smallest absolute Gasteiger partial charge is 0.356 e. The Balaban J connectivity index is 1.87. The van der Waals surface area contributed by atoms with E-state index in [1.165, 1.54) is 25.0 Å². The number of carbonyl (C=O) groups is 1. The molecule has 29 heavy (non-hydrogen) atoms. The molecule has 10 heteroatoms. The van der Waals surface area contributed by atoms with Crippen molar-refractivity contribution in [2.24, 2.45) is 4.99 Å². The summed E-state index contributed by atoms with van der Waals surface area (Å²) in [5, 5.41) is 11.2. The van der Waals surface area contributed by atoms with Gasteiger partial charge in [0.1, 0.15) is 17.0 Å². The van der Waals surface area contributed by atoms with E-state index in [-0.39, 0.29) is 33.6 Å². The van der Waals surface area contributed by atoms with Crippen molar-refractivity contribution in [1.82, 2.24) is 14.5 Å². The molecule has 0 aliphatic heterocycles. The summed E-state index contributed by atoms with van der Waals surface area (Å²) in [7, 11) is 2.80. The van der Waals surface area contributed by atoms with Gasteiger partial charge in [0.2, 0.25) is 5.88 Å². The first kappa shape index (κ1) is 18.9. The standard InChI is InChI=1S/C19H18N4O5S/c1-27-10-5-6-11-13(7-10)21-15(18(26)28-2)14(11)20-8-12-16(24)22-19(29)23(17(12)25)9-3-4-9/h5-9,21,25H,3-4H2,1-2H3,(H,22,24,29). The average Bonchev–Trinajstić information content (AvgIpc) is 3.47. The zero-order valence-corrected chi connectivity index (χ0v) is 16.5. The van der Waals surface area contributed by atoms with Gasteiger partial charge in [-0.2, -0.15) is 0 Å². The number of nitrogens with zero attached hydrogens (tertiary/aromatic N) is 2. The third-order valence-corrected chi connectivity index (χ3v) is 5.05. The maximum Gasteiger partial charge on any atom is 0.356 e. The Morgan fingerprint density at radius 2 is 2.10 bits per heavy atom. The van der Waals surface area contributed by atoms with Gasteiger partial charge in [-0.1, -0.05) is 0 Å². The summed E-state index contributed by atoms with van der Waals surface area (Å²) in [6.45, 7) is 0. The van der Waals surface area contributed by atoms with Gasteiger partial charge in [0.25, 0.3) is 5.56 Å². The highest BCUT2D eigenvalue weighted by atomic mass is 32.1. The highest BCUT2D eigenvalue weighted by molar-refractivity contribution is 7.71. The number of fused-ring (bicyclic) bond motifs is 1. The number of rotatable bonds is 5. The van der Waals surface area contributed by atoms with Gasteiger partial charge in [0, 0.05) is 23.7 Å². The van der Waals surface area contributed by atoms with E-state index in [0.29, 0.717) is 16.7 Å². The highest BCUT2D eigenvalue weighted by Gasteiger charge is 2.28. The Morgan fingerprint density at radius 3 is 2.76 bits per heavy atom. The number of nitrogens with one attached hydrogen (secondary N) is 2. The molecule has 2 heterocycles. The summed E-state index contributed by atoms with van der Waals surface area (Å²) in [6.07, 6.45) is 2.98. The molecule has 0 amide bonds. The predicted molar refractivity (Wildman–Crippen MR) is 109 cm³/mol. The fourth-order valence-corrected chi connectivity index (χ4v) is 3.47. The molecular formula is C19H18N4O5S. The largest absolute Gasteiger partial charge is 0.497 e. The number of hydrogen-bond donors (Lipinski definition) is 3. The zero-order valence-electron chi connectivity index (χ0n) is 15.7. The lowest BCUT2D eigenvalue weighted by molar-refractivity contribution is 0.0596. The molecule has 0 unspecified atom stereocenters.